The monoisotopic (exact) mass is 291 g/mol. The standard InChI is InChI=1S/C15H14ClNO3/c1-9-3-5-11(8-12(9)16)17-15(19)10-4-6-14(20-2)13(18)7-10/h3-8,18H,1-2H3,(H,17,19). The highest BCUT2D eigenvalue weighted by Crippen LogP contribution is 2.27. The molecule has 0 aliphatic carbocycles. The van der Waals surface area contributed by atoms with Gasteiger partial charge >= 0.3 is 0 Å². The topological polar surface area (TPSA) is 58.6 Å². The predicted molar refractivity (Wildman–Crippen MR) is 78.8 cm³/mol. The minimum absolute atomic E-state index is 0.0814. The summed E-state index contributed by atoms with van der Waals surface area (Å²) in [5.41, 5.74) is 1.87. The molecule has 2 aromatic carbocycles. The van der Waals surface area contributed by atoms with E-state index in [4.69, 9.17) is 16.3 Å². The third-order valence-corrected chi connectivity index (χ3v) is 3.28. The van der Waals surface area contributed by atoms with Gasteiger partial charge in [-0.1, -0.05) is 17.7 Å². The minimum Gasteiger partial charge on any atom is -0.504 e. The third-order valence-electron chi connectivity index (χ3n) is 2.87. The van der Waals surface area contributed by atoms with Crippen LogP contribution >= 0.6 is 11.6 Å². The van der Waals surface area contributed by atoms with Gasteiger partial charge in [0.15, 0.2) is 11.5 Å². The molecule has 2 N–H and O–H groups in total. The molecule has 20 heavy (non-hydrogen) atoms. The number of halogens is 1. The van der Waals surface area contributed by atoms with Gasteiger partial charge in [0.2, 0.25) is 0 Å². The Balaban J connectivity index is 2.19. The largest absolute Gasteiger partial charge is 0.504 e. The fourth-order valence-electron chi connectivity index (χ4n) is 1.71. The summed E-state index contributed by atoms with van der Waals surface area (Å²) < 4.78 is 4.93. The van der Waals surface area contributed by atoms with Crippen molar-refractivity contribution in [3.8, 4) is 11.5 Å². The van der Waals surface area contributed by atoms with E-state index in [2.05, 4.69) is 5.32 Å². The quantitative estimate of drug-likeness (QED) is 0.908. The number of carbonyl (C=O) groups excluding carboxylic acids is 1. The fourth-order valence-corrected chi connectivity index (χ4v) is 1.89. The number of benzene rings is 2. The Kier molecular flexibility index (Phi) is 4.15. The number of anilines is 1. The second-order valence-corrected chi connectivity index (χ2v) is 4.71. The zero-order valence-electron chi connectivity index (χ0n) is 11.1. The Morgan fingerprint density at radius 2 is 2.00 bits per heavy atom. The van der Waals surface area contributed by atoms with Crippen molar-refractivity contribution in [3.63, 3.8) is 0 Å². The lowest BCUT2D eigenvalue weighted by atomic mass is 10.1. The number of methoxy groups -OCH3 is 1. The number of ether oxygens (including phenoxy) is 1. The van der Waals surface area contributed by atoms with Gasteiger partial charge in [0, 0.05) is 16.3 Å². The van der Waals surface area contributed by atoms with Crippen molar-refractivity contribution in [2.24, 2.45) is 0 Å². The van der Waals surface area contributed by atoms with E-state index in [0.29, 0.717) is 22.0 Å². The van der Waals surface area contributed by atoms with Crippen LogP contribution in [-0.2, 0) is 0 Å². The second kappa shape index (κ2) is 5.84. The molecule has 0 saturated carbocycles. The molecular weight excluding hydrogens is 278 g/mol. The average Bonchev–Trinajstić information content (AvgIpc) is 2.42. The van der Waals surface area contributed by atoms with Crippen molar-refractivity contribution in [3.05, 3.63) is 52.5 Å². The summed E-state index contributed by atoms with van der Waals surface area (Å²) >= 11 is 6.00. The van der Waals surface area contributed by atoms with Crippen LogP contribution in [0.3, 0.4) is 0 Å². The first-order valence-corrected chi connectivity index (χ1v) is 6.33. The van der Waals surface area contributed by atoms with Crippen molar-refractivity contribution in [2.45, 2.75) is 6.92 Å². The van der Waals surface area contributed by atoms with Crippen LogP contribution in [-0.4, -0.2) is 18.1 Å². The molecule has 4 nitrogen and oxygen atoms in total. The highest BCUT2D eigenvalue weighted by atomic mass is 35.5. The molecule has 0 saturated heterocycles. The normalized spacial score (nSPS) is 10.2. The lowest BCUT2D eigenvalue weighted by Crippen LogP contribution is -2.11. The van der Waals surface area contributed by atoms with Gasteiger partial charge in [0.05, 0.1) is 7.11 Å². The highest BCUT2D eigenvalue weighted by molar-refractivity contribution is 6.31. The van der Waals surface area contributed by atoms with Crippen LogP contribution in [0.25, 0.3) is 0 Å². The molecule has 2 rings (SSSR count). The Morgan fingerprint density at radius 3 is 2.60 bits per heavy atom. The summed E-state index contributed by atoms with van der Waals surface area (Å²) in [5, 5.41) is 13.0. The molecule has 0 bridgehead atoms. The second-order valence-electron chi connectivity index (χ2n) is 4.30. The van der Waals surface area contributed by atoms with Gasteiger partial charge in [-0.2, -0.15) is 0 Å². The molecule has 104 valence electrons. The van der Waals surface area contributed by atoms with Gasteiger partial charge < -0.3 is 15.2 Å². The van der Waals surface area contributed by atoms with Crippen LogP contribution in [0.2, 0.25) is 5.02 Å². The fraction of sp³-hybridized carbons (Fsp3) is 0.133. The Hall–Kier alpha value is -2.20. The number of rotatable bonds is 3. The first-order chi connectivity index (χ1) is 9.51. The van der Waals surface area contributed by atoms with Crippen molar-refractivity contribution >= 4 is 23.2 Å². The van der Waals surface area contributed by atoms with E-state index >= 15 is 0 Å². The Morgan fingerprint density at radius 1 is 1.25 bits per heavy atom. The van der Waals surface area contributed by atoms with Crippen LogP contribution < -0.4 is 10.1 Å². The van der Waals surface area contributed by atoms with Gasteiger partial charge in [-0.3, -0.25) is 4.79 Å². The number of aromatic hydroxyl groups is 1. The molecular formula is C15H14ClNO3. The molecule has 5 heteroatoms. The number of hydrogen-bond acceptors (Lipinski definition) is 3. The smallest absolute Gasteiger partial charge is 0.255 e. The van der Waals surface area contributed by atoms with E-state index < -0.39 is 0 Å². The van der Waals surface area contributed by atoms with E-state index in [9.17, 15) is 9.90 Å². The molecule has 0 heterocycles. The molecule has 0 fully saturated rings. The van der Waals surface area contributed by atoms with Crippen LogP contribution in [0.1, 0.15) is 15.9 Å². The van der Waals surface area contributed by atoms with Crippen molar-refractivity contribution in [2.75, 3.05) is 12.4 Å². The Bertz CT molecular complexity index is 656. The van der Waals surface area contributed by atoms with Crippen LogP contribution in [0.15, 0.2) is 36.4 Å². The van der Waals surface area contributed by atoms with E-state index in [1.165, 1.54) is 19.2 Å². The summed E-state index contributed by atoms with van der Waals surface area (Å²) in [7, 11) is 1.45. The molecule has 1 amide bonds. The minimum atomic E-state index is -0.331. The van der Waals surface area contributed by atoms with Gasteiger partial charge in [-0.25, -0.2) is 0 Å². The van der Waals surface area contributed by atoms with Gasteiger partial charge in [-0.15, -0.1) is 0 Å². The average molecular weight is 292 g/mol. The first kappa shape index (κ1) is 14.2. The number of amides is 1. The zero-order valence-corrected chi connectivity index (χ0v) is 11.9. The maximum atomic E-state index is 12.1. The number of nitrogens with one attached hydrogen (secondary N) is 1. The number of phenolic OH excluding ortho intramolecular Hbond substituents is 1. The Labute approximate surface area is 122 Å². The van der Waals surface area contributed by atoms with Gasteiger partial charge in [-0.05, 0) is 42.8 Å². The summed E-state index contributed by atoms with van der Waals surface area (Å²) in [6.07, 6.45) is 0. The maximum absolute atomic E-state index is 12.1. The molecule has 0 aliphatic heterocycles. The van der Waals surface area contributed by atoms with Crippen molar-refractivity contribution in [1.29, 1.82) is 0 Å². The number of phenols is 1. The maximum Gasteiger partial charge on any atom is 0.255 e. The lowest BCUT2D eigenvalue weighted by Gasteiger charge is -2.08. The molecule has 0 spiro atoms. The van der Waals surface area contributed by atoms with Crippen LogP contribution in [0.4, 0.5) is 5.69 Å². The SMILES string of the molecule is COc1ccc(C(=O)Nc2ccc(C)c(Cl)c2)cc1O. The number of hydrogen-bond donors (Lipinski definition) is 2. The molecule has 0 radical (unpaired) electrons. The predicted octanol–water partition coefficient (Wildman–Crippen LogP) is 3.61. The zero-order chi connectivity index (χ0) is 14.7. The highest BCUT2D eigenvalue weighted by Gasteiger charge is 2.10. The van der Waals surface area contributed by atoms with E-state index in [-0.39, 0.29) is 11.7 Å². The molecule has 2 aromatic rings. The van der Waals surface area contributed by atoms with Crippen molar-refractivity contribution < 1.29 is 14.6 Å². The summed E-state index contributed by atoms with van der Waals surface area (Å²) in [4.78, 5) is 12.1. The molecule has 0 aromatic heterocycles. The van der Waals surface area contributed by atoms with Crippen LogP contribution in [0.5, 0.6) is 11.5 Å². The first-order valence-electron chi connectivity index (χ1n) is 5.96. The number of carbonyl (C=O) groups is 1. The van der Waals surface area contributed by atoms with E-state index in [0.717, 1.165) is 5.56 Å². The summed E-state index contributed by atoms with van der Waals surface area (Å²) in [6, 6.07) is 9.73. The van der Waals surface area contributed by atoms with Gasteiger partial charge in [0.1, 0.15) is 0 Å². The van der Waals surface area contributed by atoms with E-state index in [1.807, 2.05) is 13.0 Å². The summed E-state index contributed by atoms with van der Waals surface area (Å²) in [5.74, 6) is -0.0927. The molecule has 0 atom stereocenters. The van der Waals surface area contributed by atoms with E-state index in [1.54, 1.807) is 18.2 Å². The molecule has 0 unspecified atom stereocenters. The lowest BCUT2D eigenvalue weighted by molar-refractivity contribution is 0.102. The summed E-state index contributed by atoms with van der Waals surface area (Å²) in [6.45, 7) is 1.88. The van der Waals surface area contributed by atoms with Crippen LogP contribution in [0, 0.1) is 6.92 Å². The van der Waals surface area contributed by atoms with Crippen molar-refractivity contribution in [1.82, 2.24) is 0 Å². The van der Waals surface area contributed by atoms with Gasteiger partial charge in [0.25, 0.3) is 5.91 Å². The molecule has 0 aliphatic rings. The number of aryl methyl sites for hydroxylation is 1. The third kappa shape index (κ3) is 3.03.